The quantitative estimate of drug-likeness (QED) is 0.641. The van der Waals surface area contributed by atoms with Gasteiger partial charge in [0.1, 0.15) is 5.69 Å². The first kappa shape index (κ1) is 20.6. The third-order valence-corrected chi connectivity index (χ3v) is 6.83. The van der Waals surface area contributed by atoms with E-state index in [-0.39, 0.29) is 11.5 Å². The molecule has 8 nitrogen and oxygen atoms in total. The molecular formula is C24H28N6O2. The van der Waals surface area contributed by atoms with Crippen LogP contribution < -0.4 is 15.8 Å². The number of pyridine rings is 3. The lowest BCUT2D eigenvalue weighted by molar-refractivity contribution is 0.0958. The van der Waals surface area contributed by atoms with Gasteiger partial charge >= 0.3 is 0 Å². The van der Waals surface area contributed by atoms with Gasteiger partial charge in [0.2, 0.25) is 0 Å². The van der Waals surface area contributed by atoms with E-state index in [1.807, 2.05) is 25.3 Å². The molecule has 1 saturated heterocycles. The van der Waals surface area contributed by atoms with Crippen molar-refractivity contribution in [1.82, 2.24) is 25.2 Å². The van der Waals surface area contributed by atoms with Crippen LogP contribution in [-0.4, -0.2) is 58.0 Å². The molecule has 5 rings (SSSR count). The van der Waals surface area contributed by atoms with Crippen LogP contribution in [0.4, 0.5) is 5.69 Å². The van der Waals surface area contributed by atoms with Gasteiger partial charge in [0.15, 0.2) is 0 Å². The van der Waals surface area contributed by atoms with Gasteiger partial charge in [-0.15, -0.1) is 0 Å². The average Bonchev–Trinajstić information content (AvgIpc) is 3.62. The summed E-state index contributed by atoms with van der Waals surface area (Å²) in [6.45, 7) is 6.74. The van der Waals surface area contributed by atoms with Crippen LogP contribution in [0.3, 0.4) is 0 Å². The zero-order valence-electron chi connectivity index (χ0n) is 18.7. The molecule has 0 unspecified atom stereocenters. The van der Waals surface area contributed by atoms with Crippen LogP contribution in [0, 0.1) is 6.92 Å². The molecule has 3 aromatic rings. The average molecular weight is 433 g/mol. The molecule has 0 radical (unpaired) electrons. The number of nitrogens with zero attached hydrogens (tertiary/aromatic N) is 4. The number of aryl methyl sites for hydroxylation is 2. The lowest BCUT2D eigenvalue weighted by Gasteiger charge is -2.35. The van der Waals surface area contributed by atoms with Crippen molar-refractivity contribution in [3.05, 3.63) is 63.3 Å². The van der Waals surface area contributed by atoms with Gasteiger partial charge < -0.3 is 15.2 Å². The lowest BCUT2D eigenvalue weighted by Crippen LogP contribution is -2.46. The van der Waals surface area contributed by atoms with Gasteiger partial charge in [0.25, 0.3) is 11.5 Å². The smallest absolute Gasteiger partial charge is 0.269 e. The maximum Gasteiger partial charge on any atom is 0.269 e. The van der Waals surface area contributed by atoms with Gasteiger partial charge in [0, 0.05) is 50.5 Å². The summed E-state index contributed by atoms with van der Waals surface area (Å²) in [6, 6.07) is 6.65. The number of aromatic amines is 1. The minimum atomic E-state index is -0.169. The Labute approximate surface area is 186 Å². The second-order valence-corrected chi connectivity index (χ2v) is 8.66. The molecule has 32 heavy (non-hydrogen) atoms. The number of hydrogen-bond donors (Lipinski definition) is 2. The monoisotopic (exact) mass is 432 g/mol. The summed E-state index contributed by atoms with van der Waals surface area (Å²) >= 11 is 0. The van der Waals surface area contributed by atoms with Crippen molar-refractivity contribution in [2.45, 2.75) is 45.3 Å². The van der Waals surface area contributed by atoms with E-state index < -0.39 is 0 Å². The summed E-state index contributed by atoms with van der Waals surface area (Å²) in [4.78, 5) is 40.9. The predicted octanol–water partition coefficient (Wildman–Crippen LogP) is 2.01. The van der Waals surface area contributed by atoms with Crippen LogP contribution in [0.1, 0.15) is 40.5 Å². The Bertz CT molecular complexity index is 1240. The lowest BCUT2D eigenvalue weighted by atomic mass is 10.1. The number of fused-ring (bicyclic) bond motifs is 2. The molecule has 0 spiro atoms. The Hall–Kier alpha value is -3.26. The summed E-state index contributed by atoms with van der Waals surface area (Å²) < 4.78 is 0. The van der Waals surface area contributed by atoms with E-state index in [0.29, 0.717) is 24.2 Å². The van der Waals surface area contributed by atoms with Crippen LogP contribution in [0.25, 0.3) is 11.0 Å². The Kier molecular flexibility index (Phi) is 5.17. The molecule has 1 amide bonds. The number of amides is 1. The fourth-order valence-corrected chi connectivity index (χ4v) is 4.79. The largest absolute Gasteiger partial charge is 0.364 e. The van der Waals surface area contributed by atoms with E-state index in [0.717, 1.165) is 59.5 Å². The van der Waals surface area contributed by atoms with Gasteiger partial charge in [-0.05, 0) is 49.1 Å². The van der Waals surface area contributed by atoms with Crippen molar-refractivity contribution in [3.8, 4) is 0 Å². The summed E-state index contributed by atoms with van der Waals surface area (Å²) in [5.41, 5.74) is 6.21. The molecule has 8 heteroatoms. The number of hydrogen-bond acceptors (Lipinski definition) is 6. The minimum absolute atomic E-state index is 0.0195. The maximum absolute atomic E-state index is 12.3. The second-order valence-electron chi connectivity index (χ2n) is 8.66. The molecule has 166 valence electrons. The van der Waals surface area contributed by atoms with Gasteiger partial charge in [-0.25, -0.2) is 4.98 Å². The zero-order chi connectivity index (χ0) is 22.4. The molecule has 2 fully saturated rings. The predicted molar refractivity (Wildman–Crippen MR) is 124 cm³/mol. The summed E-state index contributed by atoms with van der Waals surface area (Å²) in [5, 5.41) is 2.60. The Morgan fingerprint density at radius 1 is 1.19 bits per heavy atom. The Morgan fingerprint density at radius 3 is 2.75 bits per heavy atom. The number of nitrogens with one attached hydrogen (secondary N) is 2. The first-order valence-corrected chi connectivity index (χ1v) is 11.2. The van der Waals surface area contributed by atoms with Crippen LogP contribution in [-0.2, 0) is 13.0 Å². The number of rotatable bonds is 5. The topological polar surface area (TPSA) is 94.2 Å². The number of piperazine rings is 1. The molecule has 1 aliphatic heterocycles. The molecule has 1 saturated carbocycles. The summed E-state index contributed by atoms with van der Waals surface area (Å²) in [5.74, 6) is -0.169. The van der Waals surface area contributed by atoms with Crippen LogP contribution in [0.15, 0.2) is 35.4 Å². The molecule has 2 aliphatic rings. The standard InChI is InChI=1S/C24H28N6O2/c1-4-15-9-19-22(28-23(15)31)14(2)16(11-26-19)13-29-7-8-30(21-10-20(21)29)17-5-6-18(27-12-17)24(32)25-3/h5-6,9,11-12,20-21H,4,7-8,10,13H2,1-3H3,(H,25,32)(H,28,31)/t20-,21+/m1/s1. The highest BCUT2D eigenvalue weighted by molar-refractivity contribution is 5.92. The van der Waals surface area contributed by atoms with Gasteiger partial charge in [-0.2, -0.15) is 0 Å². The number of aromatic nitrogens is 3. The normalized spacial score (nSPS) is 20.3. The first-order valence-electron chi connectivity index (χ1n) is 11.2. The zero-order valence-corrected chi connectivity index (χ0v) is 18.7. The van der Waals surface area contributed by atoms with Gasteiger partial charge in [-0.1, -0.05) is 6.92 Å². The molecule has 2 N–H and O–H groups in total. The summed E-state index contributed by atoms with van der Waals surface area (Å²) in [6.07, 6.45) is 5.58. The third kappa shape index (κ3) is 3.54. The Morgan fingerprint density at radius 2 is 2.03 bits per heavy atom. The van der Waals surface area contributed by atoms with Gasteiger partial charge in [-0.3, -0.25) is 19.5 Å². The Balaban J connectivity index is 1.31. The van der Waals surface area contributed by atoms with Crippen molar-refractivity contribution in [3.63, 3.8) is 0 Å². The van der Waals surface area contributed by atoms with E-state index >= 15 is 0 Å². The van der Waals surface area contributed by atoms with E-state index in [1.165, 1.54) is 0 Å². The van der Waals surface area contributed by atoms with E-state index in [9.17, 15) is 9.59 Å². The molecule has 3 aromatic heterocycles. The van der Waals surface area contributed by atoms with E-state index in [1.54, 1.807) is 19.3 Å². The fourth-order valence-electron chi connectivity index (χ4n) is 4.79. The maximum atomic E-state index is 12.3. The molecule has 2 atom stereocenters. The fraction of sp³-hybridized carbons (Fsp3) is 0.417. The van der Waals surface area contributed by atoms with Crippen LogP contribution in [0.2, 0.25) is 0 Å². The highest BCUT2D eigenvalue weighted by Crippen LogP contribution is 2.40. The van der Waals surface area contributed by atoms with Crippen molar-refractivity contribution in [1.29, 1.82) is 0 Å². The summed E-state index contributed by atoms with van der Waals surface area (Å²) in [7, 11) is 1.61. The number of carbonyl (C=O) groups excluding carboxylic acids is 1. The SMILES string of the molecule is CCc1cc2ncc(CN3CCN(c4ccc(C(=O)NC)nc4)[C@H]4C[C@H]43)c(C)c2[nH]c1=O. The highest BCUT2D eigenvalue weighted by Gasteiger charge is 2.49. The molecular weight excluding hydrogens is 404 g/mol. The number of H-pyrrole nitrogens is 1. The first-order chi connectivity index (χ1) is 15.5. The number of carbonyl (C=O) groups is 1. The number of anilines is 1. The van der Waals surface area contributed by atoms with Crippen molar-refractivity contribution < 1.29 is 4.79 Å². The van der Waals surface area contributed by atoms with Crippen molar-refractivity contribution >= 4 is 22.6 Å². The minimum Gasteiger partial charge on any atom is -0.364 e. The second kappa shape index (κ2) is 8.02. The van der Waals surface area contributed by atoms with Crippen molar-refractivity contribution in [2.75, 3.05) is 25.0 Å². The van der Waals surface area contributed by atoms with E-state index in [4.69, 9.17) is 0 Å². The molecule has 0 aromatic carbocycles. The molecule has 0 bridgehead atoms. The third-order valence-electron chi connectivity index (χ3n) is 6.83. The molecule has 1 aliphatic carbocycles. The van der Waals surface area contributed by atoms with Crippen LogP contribution >= 0.6 is 0 Å². The van der Waals surface area contributed by atoms with Crippen molar-refractivity contribution in [2.24, 2.45) is 0 Å². The molecule has 4 heterocycles. The van der Waals surface area contributed by atoms with Crippen LogP contribution in [0.5, 0.6) is 0 Å². The highest BCUT2D eigenvalue weighted by atomic mass is 16.1. The van der Waals surface area contributed by atoms with Gasteiger partial charge in [0.05, 0.1) is 22.9 Å². The van der Waals surface area contributed by atoms with E-state index in [2.05, 4.69) is 37.0 Å².